The second kappa shape index (κ2) is 6.81. The molecule has 0 aromatic rings. The topological polar surface area (TPSA) is 71.4 Å². The number of hydrogen-bond donors (Lipinski definition) is 1. The standard InChI is InChI=1S/C4H6O3.CH2O/c1-3(5)2-4(6)7;1-2/h2H2,1H3,(H,6,7);1H2. The van der Waals surface area contributed by atoms with Crippen molar-refractivity contribution in [2.24, 2.45) is 0 Å². The molecule has 0 aliphatic carbocycles. The maximum Gasteiger partial charge on any atom is 0.310 e. The molecule has 9 heavy (non-hydrogen) atoms. The van der Waals surface area contributed by atoms with Gasteiger partial charge in [-0.15, -0.1) is 0 Å². The van der Waals surface area contributed by atoms with Crippen LogP contribution in [0.15, 0.2) is 0 Å². The van der Waals surface area contributed by atoms with E-state index in [9.17, 15) is 9.59 Å². The molecule has 0 saturated heterocycles. The Balaban J connectivity index is 0. The molecular formula is C5H8O4. The van der Waals surface area contributed by atoms with E-state index in [4.69, 9.17) is 9.90 Å². The van der Waals surface area contributed by atoms with E-state index in [2.05, 4.69) is 0 Å². The van der Waals surface area contributed by atoms with Gasteiger partial charge in [0.15, 0.2) is 0 Å². The zero-order valence-electron chi connectivity index (χ0n) is 5.09. The number of carboxylic acid groups (broad SMARTS) is 1. The maximum absolute atomic E-state index is 9.87. The van der Waals surface area contributed by atoms with Gasteiger partial charge in [-0.3, -0.25) is 9.59 Å². The molecule has 1 N–H and O–H groups in total. The average molecular weight is 132 g/mol. The van der Waals surface area contributed by atoms with Crippen LogP contribution in [0, 0.1) is 0 Å². The quantitative estimate of drug-likeness (QED) is 0.531. The molecule has 0 aromatic heterocycles. The second-order valence-corrected chi connectivity index (χ2v) is 1.27. The highest BCUT2D eigenvalue weighted by molar-refractivity contribution is 5.93. The Labute approximate surface area is 52.5 Å². The van der Waals surface area contributed by atoms with Crippen molar-refractivity contribution in [3.05, 3.63) is 0 Å². The van der Waals surface area contributed by atoms with Crippen LogP contribution in [0.3, 0.4) is 0 Å². The molecule has 0 aliphatic rings. The number of rotatable bonds is 2. The number of Topliss-reactive ketones (excluding diaryl/α,β-unsaturated/α-hetero) is 1. The first-order valence-electron chi connectivity index (χ1n) is 2.13. The number of carbonyl (C=O) groups is 3. The third-order valence-corrected chi connectivity index (χ3v) is 0.400. The summed E-state index contributed by atoms with van der Waals surface area (Å²) >= 11 is 0. The van der Waals surface area contributed by atoms with E-state index in [1.807, 2.05) is 6.79 Å². The van der Waals surface area contributed by atoms with Crippen LogP contribution in [0.1, 0.15) is 13.3 Å². The van der Waals surface area contributed by atoms with Crippen LogP contribution in [0.4, 0.5) is 0 Å². The van der Waals surface area contributed by atoms with Gasteiger partial charge in [0.25, 0.3) is 0 Å². The molecule has 0 amide bonds. The molecule has 0 rings (SSSR count). The molecule has 52 valence electrons. The Morgan fingerprint density at radius 2 is 1.78 bits per heavy atom. The van der Waals surface area contributed by atoms with Crippen molar-refractivity contribution < 1.29 is 19.5 Å². The maximum atomic E-state index is 9.87. The van der Waals surface area contributed by atoms with Gasteiger partial charge < -0.3 is 9.90 Å². The van der Waals surface area contributed by atoms with Crippen LogP contribution in [-0.2, 0) is 14.4 Å². The van der Waals surface area contributed by atoms with Crippen molar-refractivity contribution >= 4 is 18.5 Å². The van der Waals surface area contributed by atoms with Crippen molar-refractivity contribution in [1.82, 2.24) is 0 Å². The predicted octanol–water partition coefficient (Wildman–Crippen LogP) is -0.135. The molecule has 0 aromatic carbocycles. The zero-order valence-corrected chi connectivity index (χ0v) is 5.09. The number of aliphatic carboxylic acids is 1. The Morgan fingerprint density at radius 1 is 1.44 bits per heavy atom. The molecule has 0 fully saturated rings. The smallest absolute Gasteiger partial charge is 0.310 e. The van der Waals surface area contributed by atoms with Crippen LogP contribution in [0.25, 0.3) is 0 Å². The Bertz CT molecular complexity index is 95.5. The molecule has 0 radical (unpaired) electrons. The molecule has 0 atom stereocenters. The largest absolute Gasteiger partial charge is 0.481 e. The van der Waals surface area contributed by atoms with E-state index >= 15 is 0 Å². The second-order valence-electron chi connectivity index (χ2n) is 1.27. The Hall–Kier alpha value is -1.19. The Morgan fingerprint density at radius 3 is 1.78 bits per heavy atom. The molecular weight excluding hydrogens is 124 g/mol. The minimum absolute atomic E-state index is 0.312. The highest BCUT2D eigenvalue weighted by Crippen LogP contribution is 1.77. The lowest BCUT2D eigenvalue weighted by Gasteiger charge is -1.80. The van der Waals surface area contributed by atoms with Gasteiger partial charge in [-0.1, -0.05) is 0 Å². The van der Waals surface area contributed by atoms with Crippen LogP contribution >= 0.6 is 0 Å². The molecule has 4 nitrogen and oxygen atoms in total. The van der Waals surface area contributed by atoms with Crippen LogP contribution < -0.4 is 0 Å². The van der Waals surface area contributed by atoms with Crippen molar-refractivity contribution in [2.45, 2.75) is 13.3 Å². The van der Waals surface area contributed by atoms with Gasteiger partial charge in [-0.2, -0.15) is 0 Å². The predicted molar refractivity (Wildman–Crippen MR) is 30.1 cm³/mol. The van der Waals surface area contributed by atoms with Crippen molar-refractivity contribution in [3.8, 4) is 0 Å². The fraction of sp³-hybridized carbons (Fsp3) is 0.400. The summed E-state index contributed by atoms with van der Waals surface area (Å²) in [7, 11) is 0. The summed E-state index contributed by atoms with van der Waals surface area (Å²) < 4.78 is 0. The van der Waals surface area contributed by atoms with E-state index in [1.54, 1.807) is 0 Å². The third-order valence-electron chi connectivity index (χ3n) is 0.400. The summed E-state index contributed by atoms with van der Waals surface area (Å²) in [6.45, 7) is 3.24. The first kappa shape index (κ1) is 10.7. The van der Waals surface area contributed by atoms with Gasteiger partial charge in [0.2, 0.25) is 0 Å². The molecule has 0 bridgehead atoms. The minimum atomic E-state index is -1.06. The van der Waals surface area contributed by atoms with Gasteiger partial charge >= 0.3 is 5.97 Å². The molecule has 0 aliphatic heterocycles. The first-order valence-corrected chi connectivity index (χ1v) is 2.13. The molecule has 0 unspecified atom stereocenters. The number of carboxylic acids is 1. The lowest BCUT2D eigenvalue weighted by Crippen LogP contribution is -2.00. The van der Waals surface area contributed by atoms with Crippen LogP contribution in [-0.4, -0.2) is 23.6 Å². The minimum Gasteiger partial charge on any atom is -0.481 e. The van der Waals surface area contributed by atoms with Crippen molar-refractivity contribution in [2.75, 3.05) is 0 Å². The number of ketones is 1. The fourth-order valence-corrected chi connectivity index (χ4v) is 0.213. The molecule has 0 spiro atoms. The lowest BCUT2D eigenvalue weighted by molar-refractivity contribution is -0.139. The molecule has 0 heterocycles. The summed E-state index contributed by atoms with van der Waals surface area (Å²) in [5.74, 6) is -1.37. The number of hydrogen-bond acceptors (Lipinski definition) is 3. The van der Waals surface area contributed by atoms with Gasteiger partial charge in [0.1, 0.15) is 19.0 Å². The zero-order chi connectivity index (χ0) is 7.86. The van der Waals surface area contributed by atoms with Gasteiger partial charge in [0, 0.05) is 0 Å². The normalized spacial score (nSPS) is 6.78. The monoisotopic (exact) mass is 132 g/mol. The number of carbonyl (C=O) groups excluding carboxylic acids is 2. The van der Waals surface area contributed by atoms with E-state index < -0.39 is 5.97 Å². The Kier molecular flexibility index (Phi) is 8.12. The van der Waals surface area contributed by atoms with Crippen molar-refractivity contribution in [1.29, 1.82) is 0 Å². The van der Waals surface area contributed by atoms with E-state index in [0.717, 1.165) is 0 Å². The van der Waals surface area contributed by atoms with E-state index in [-0.39, 0.29) is 12.2 Å². The third kappa shape index (κ3) is 20.0. The lowest BCUT2D eigenvalue weighted by atomic mass is 10.3. The SMILES string of the molecule is C=O.CC(=O)CC(=O)O. The van der Waals surface area contributed by atoms with Gasteiger partial charge in [-0.25, -0.2) is 0 Å². The summed E-state index contributed by atoms with van der Waals surface area (Å²) in [4.78, 5) is 27.5. The summed E-state index contributed by atoms with van der Waals surface area (Å²) in [6, 6.07) is 0. The van der Waals surface area contributed by atoms with Gasteiger partial charge in [-0.05, 0) is 6.92 Å². The summed E-state index contributed by atoms with van der Waals surface area (Å²) in [5.41, 5.74) is 0. The first-order chi connectivity index (χ1) is 4.13. The highest BCUT2D eigenvalue weighted by Gasteiger charge is 1.98. The van der Waals surface area contributed by atoms with Crippen molar-refractivity contribution in [3.63, 3.8) is 0 Å². The molecule has 4 heteroatoms. The highest BCUT2D eigenvalue weighted by atomic mass is 16.4. The van der Waals surface area contributed by atoms with E-state index in [0.29, 0.717) is 0 Å². The average Bonchev–Trinajstić information content (AvgIpc) is 1.68. The fourth-order valence-electron chi connectivity index (χ4n) is 0.213. The van der Waals surface area contributed by atoms with Crippen LogP contribution in [0.5, 0.6) is 0 Å². The van der Waals surface area contributed by atoms with E-state index in [1.165, 1.54) is 6.92 Å². The van der Waals surface area contributed by atoms with Crippen LogP contribution in [0.2, 0.25) is 0 Å². The summed E-state index contributed by atoms with van der Waals surface area (Å²) in [5, 5.41) is 7.86. The molecule has 0 saturated carbocycles. The van der Waals surface area contributed by atoms with Gasteiger partial charge in [0.05, 0.1) is 0 Å². The summed E-state index contributed by atoms with van der Waals surface area (Å²) in [6.07, 6.45) is -0.361.